The summed E-state index contributed by atoms with van der Waals surface area (Å²) in [4.78, 5) is 22.4. The van der Waals surface area contributed by atoms with Crippen molar-refractivity contribution >= 4 is 13.8 Å². The minimum Gasteiger partial charge on any atom is -0.756 e. The molecule has 1 saturated heterocycles. The summed E-state index contributed by atoms with van der Waals surface area (Å²) in [5.41, 5.74) is 0. The lowest BCUT2D eigenvalue weighted by Crippen LogP contribution is -2.33. The SMILES string of the molecule is CC(C)COP(=O)([O-])OC1C[C@H](C)O[C@@H]1C(=O)O. The Kier molecular flexibility index (Phi) is 5.31. The van der Waals surface area contributed by atoms with E-state index in [9.17, 15) is 14.3 Å². The lowest BCUT2D eigenvalue weighted by atomic mass is 10.1. The molecule has 7 nitrogen and oxygen atoms in total. The van der Waals surface area contributed by atoms with Gasteiger partial charge in [-0.15, -0.1) is 0 Å². The first kappa shape index (κ1) is 15.6. The highest BCUT2D eigenvalue weighted by molar-refractivity contribution is 7.45. The summed E-state index contributed by atoms with van der Waals surface area (Å²) >= 11 is 0. The van der Waals surface area contributed by atoms with Gasteiger partial charge in [-0.1, -0.05) is 13.8 Å². The van der Waals surface area contributed by atoms with Crippen molar-refractivity contribution in [1.29, 1.82) is 0 Å². The molecule has 8 heteroatoms. The van der Waals surface area contributed by atoms with Crippen LogP contribution in [0.25, 0.3) is 0 Å². The van der Waals surface area contributed by atoms with Crippen LogP contribution in [0.5, 0.6) is 0 Å². The summed E-state index contributed by atoms with van der Waals surface area (Å²) in [5, 5.41) is 8.88. The van der Waals surface area contributed by atoms with Gasteiger partial charge in [0.15, 0.2) is 6.10 Å². The van der Waals surface area contributed by atoms with E-state index in [1.54, 1.807) is 20.8 Å². The van der Waals surface area contributed by atoms with Crippen LogP contribution < -0.4 is 4.89 Å². The van der Waals surface area contributed by atoms with Gasteiger partial charge in [0.2, 0.25) is 0 Å². The maximum Gasteiger partial charge on any atom is 0.335 e. The number of carbonyl (C=O) groups is 1. The third-order valence-corrected chi connectivity index (χ3v) is 3.35. The second-order valence-electron chi connectivity index (χ2n) is 4.72. The summed E-state index contributed by atoms with van der Waals surface area (Å²) in [7, 11) is -4.49. The highest BCUT2D eigenvalue weighted by Gasteiger charge is 2.41. The minimum atomic E-state index is -4.49. The molecular weight excluding hydrogens is 263 g/mol. The molecule has 0 aromatic heterocycles. The lowest BCUT2D eigenvalue weighted by molar-refractivity contribution is -0.231. The quantitative estimate of drug-likeness (QED) is 0.717. The molecule has 1 rings (SSSR count). The van der Waals surface area contributed by atoms with Crippen molar-refractivity contribution in [2.45, 2.75) is 45.5 Å². The van der Waals surface area contributed by atoms with Crippen LogP contribution in [0.4, 0.5) is 0 Å². The zero-order valence-electron chi connectivity index (χ0n) is 10.6. The topological polar surface area (TPSA) is 105 Å². The average molecular weight is 281 g/mol. The Balaban J connectivity index is 2.59. The van der Waals surface area contributed by atoms with Crippen molar-refractivity contribution in [2.24, 2.45) is 5.92 Å². The van der Waals surface area contributed by atoms with Gasteiger partial charge >= 0.3 is 5.97 Å². The summed E-state index contributed by atoms with van der Waals surface area (Å²) in [6.07, 6.45) is -2.46. The van der Waals surface area contributed by atoms with Crippen LogP contribution in [0.2, 0.25) is 0 Å². The van der Waals surface area contributed by atoms with Crippen LogP contribution in [-0.4, -0.2) is 36.0 Å². The summed E-state index contributed by atoms with van der Waals surface area (Å²) in [6.45, 7) is 5.24. The molecule has 2 unspecified atom stereocenters. The third-order valence-electron chi connectivity index (χ3n) is 2.35. The van der Waals surface area contributed by atoms with Crippen LogP contribution in [-0.2, 0) is 23.1 Å². The third kappa shape index (κ3) is 4.66. The fourth-order valence-corrected chi connectivity index (χ4v) is 2.67. The van der Waals surface area contributed by atoms with Gasteiger partial charge in [0, 0.05) is 6.42 Å². The van der Waals surface area contributed by atoms with E-state index in [0.29, 0.717) is 0 Å². The minimum absolute atomic E-state index is 0.00163. The molecule has 0 amide bonds. The molecule has 0 spiro atoms. The fraction of sp³-hybridized carbons (Fsp3) is 0.900. The fourth-order valence-electron chi connectivity index (χ4n) is 1.60. The molecule has 1 fully saturated rings. The maximum absolute atomic E-state index is 11.5. The van der Waals surface area contributed by atoms with Crippen molar-refractivity contribution in [2.75, 3.05) is 6.61 Å². The van der Waals surface area contributed by atoms with Crippen LogP contribution in [0, 0.1) is 5.92 Å². The number of carboxylic acids is 1. The van der Waals surface area contributed by atoms with E-state index < -0.39 is 26.0 Å². The molecule has 18 heavy (non-hydrogen) atoms. The Bertz CT molecular complexity index is 343. The van der Waals surface area contributed by atoms with Crippen LogP contribution in [0.1, 0.15) is 27.2 Å². The van der Waals surface area contributed by atoms with Crippen molar-refractivity contribution in [1.82, 2.24) is 0 Å². The molecule has 0 saturated carbocycles. The van der Waals surface area contributed by atoms with Gasteiger partial charge < -0.3 is 23.8 Å². The van der Waals surface area contributed by atoms with Gasteiger partial charge in [-0.2, -0.15) is 0 Å². The summed E-state index contributed by atoms with van der Waals surface area (Å²) < 4.78 is 26.0. The van der Waals surface area contributed by atoms with E-state index in [1.807, 2.05) is 0 Å². The number of phosphoric ester groups is 1. The molecule has 0 aromatic rings. The van der Waals surface area contributed by atoms with Gasteiger partial charge in [-0.25, -0.2) is 4.79 Å². The van der Waals surface area contributed by atoms with Gasteiger partial charge in [-0.05, 0) is 12.8 Å². The van der Waals surface area contributed by atoms with Crippen LogP contribution >= 0.6 is 7.82 Å². The second kappa shape index (κ2) is 6.12. The Morgan fingerprint density at radius 1 is 1.61 bits per heavy atom. The van der Waals surface area contributed by atoms with Crippen LogP contribution in [0.15, 0.2) is 0 Å². The molecule has 1 heterocycles. The molecule has 4 atom stereocenters. The largest absolute Gasteiger partial charge is 0.756 e. The molecule has 106 valence electrons. The normalized spacial score (nSPS) is 31.5. The molecular formula is C10H18O7P-. The Morgan fingerprint density at radius 2 is 2.22 bits per heavy atom. The highest BCUT2D eigenvalue weighted by atomic mass is 31.2. The van der Waals surface area contributed by atoms with E-state index in [1.165, 1.54) is 0 Å². The van der Waals surface area contributed by atoms with Crippen molar-refractivity contribution in [3.8, 4) is 0 Å². The van der Waals surface area contributed by atoms with E-state index in [4.69, 9.17) is 14.4 Å². The average Bonchev–Trinajstić information content (AvgIpc) is 2.56. The predicted octanol–water partition coefficient (Wildman–Crippen LogP) is 0.775. The van der Waals surface area contributed by atoms with Gasteiger partial charge in [0.1, 0.15) is 6.10 Å². The van der Waals surface area contributed by atoms with Crippen molar-refractivity contribution < 1.29 is 33.1 Å². The van der Waals surface area contributed by atoms with E-state index in [-0.39, 0.29) is 25.0 Å². The number of phosphoric acid groups is 1. The smallest absolute Gasteiger partial charge is 0.335 e. The predicted molar refractivity (Wildman–Crippen MR) is 59.9 cm³/mol. The first-order valence-corrected chi connectivity index (χ1v) is 7.19. The standard InChI is InChI=1S/C10H19O7P/c1-6(2)5-15-18(13,14)17-8-4-7(3)16-9(8)10(11)12/h6-9H,4-5H2,1-3H3,(H,11,12)(H,13,14)/p-1/t7-,8?,9-/m0/s1. The maximum atomic E-state index is 11.5. The molecule has 0 bridgehead atoms. The van der Waals surface area contributed by atoms with Crippen molar-refractivity contribution in [3.05, 3.63) is 0 Å². The summed E-state index contributed by atoms with van der Waals surface area (Å²) in [5.74, 6) is -1.21. The number of aliphatic carboxylic acids is 1. The number of ether oxygens (including phenoxy) is 1. The molecule has 0 radical (unpaired) electrons. The van der Waals surface area contributed by atoms with E-state index in [0.717, 1.165) is 0 Å². The monoisotopic (exact) mass is 281 g/mol. The van der Waals surface area contributed by atoms with Gasteiger partial charge in [0.05, 0.1) is 12.7 Å². The molecule has 1 aliphatic heterocycles. The highest BCUT2D eigenvalue weighted by Crippen LogP contribution is 2.43. The Morgan fingerprint density at radius 3 is 2.72 bits per heavy atom. The zero-order chi connectivity index (χ0) is 13.9. The van der Waals surface area contributed by atoms with Gasteiger partial charge in [-0.3, -0.25) is 4.57 Å². The Hall–Kier alpha value is -0.460. The van der Waals surface area contributed by atoms with Crippen LogP contribution in [0.3, 0.4) is 0 Å². The molecule has 1 N–H and O–H groups in total. The summed E-state index contributed by atoms with van der Waals surface area (Å²) in [6, 6.07) is 0. The molecule has 0 aliphatic carbocycles. The second-order valence-corrected chi connectivity index (χ2v) is 6.09. The first-order valence-electron chi connectivity index (χ1n) is 5.73. The lowest BCUT2D eigenvalue weighted by Gasteiger charge is -2.27. The Labute approximate surface area is 106 Å². The first-order chi connectivity index (χ1) is 8.21. The van der Waals surface area contributed by atoms with Crippen molar-refractivity contribution in [3.63, 3.8) is 0 Å². The number of rotatable bonds is 6. The molecule has 1 aliphatic rings. The van der Waals surface area contributed by atoms with E-state index >= 15 is 0 Å². The number of hydrogen-bond acceptors (Lipinski definition) is 6. The number of hydrogen-bond donors (Lipinski definition) is 1. The zero-order valence-corrected chi connectivity index (χ0v) is 11.5. The van der Waals surface area contributed by atoms with E-state index in [2.05, 4.69) is 4.52 Å². The van der Waals surface area contributed by atoms with Gasteiger partial charge in [0.25, 0.3) is 7.82 Å². The molecule has 0 aromatic carbocycles. The number of carboxylic acid groups (broad SMARTS) is 1.